The van der Waals surface area contributed by atoms with Crippen molar-refractivity contribution >= 4 is 29.0 Å². The third kappa shape index (κ3) is 4.51. The van der Waals surface area contributed by atoms with Crippen LogP contribution in [-0.4, -0.2) is 26.1 Å². The van der Waals surface area contributed by atoms with Crippen molar-refractivity contribution < 1.29 is 14.3 Å². The Morgan fingerprint density at radius 3 is 2.33 bits per heavy atom. The Hall–Kier alpha value is -0.770. The maximum atomic E-state index is 11.1. The van der Waals surface area contributed by atoms with E-state index in [0.717, 1.165) is 0 Å². The van der Waals surface area contributed by atoms with Crippen LogP contribution in [0.1, 0.15) is 0 Å². The number of hydrogen-bond acceptors (Lipinski definition) is 3. The van der Waals surface area contributed by atoms with Crippen LogP contribution in [0.5, 0.6) is 5.75 Å². The molecule has 3 nitrogen and oxygen atoms in total. The average molecular weight is 249 g/mol. The second kappa shape index (κ2) is 5.95. The maximum absolute atomic E-state index is 11.1. The smallest absolute Gasteiger partial charge is 0.195 e. The van der Waals surface area contributed by atoms with Gasteiger partial charge >= 0.3 is 0 Å². The molecule has 0 spiro atoms. The van der Waals surface area contributed by atoms with Crippen LogP contribution < -0.4 is 4.74 Å². The first-order chi connectivity index (χ1) is 7.11. The van der Waals surface area contributed by atoms with E-state index in [9.17, 15) is 4.79 Å². The van der Waals surface area contributed by atoms with E-state index in [2.05, 4.69) is 4.74 Å². The minimum Gasteiger partial charge on any atom is -0.486 e. The summed E-state index contributed by atoms with van der Waals surface area (Å²) in [6.07, 6.45) is 0. The molecule has 0 aliphatic heterocycles. The number of halogens is 2. The summed E-state index contributed by atoms with van der Waals surface area (Å²) in [7, 11) is 1.45. The van der Waals surface area contributed by atoms with Crippen LogP contribution in [0.2, 0.25) is 10.0 Å². The Morgan fingerprint density at radius 1 is 1.20 bits per heavy atom. The van der Waals surface area contributed by atoms with E-state index in [1.54, 1.807) is 18.2 Å². The summed E-state index contributed by atoms with van der Waals surface area (Å²) >= 11 is 11.5. The normalized spacial score (nSPS) is 10.1. The lowest BCUT2D eigenvalue weighted by molar-refractivity contribution is -0.124. The molecule has 0 radical (unpaired) electrons. The van der Waals surface area contributed by atoms with E-state index in [1.807, 2.05) is 0 Å². The van der Waals surface area contributed by atoms with E-state index < -0.39 is 0 Å². The van der Waals surface area contributed by atoms with Gasteiger partial charge in [-0.05, 0) is 18.2 Å². The van der Waals surface area contributed by atoms with E-state index >= 15 is 0 Å². The van der Waals surface area contributed by atoms with Gasteiger partial charge in [0.15, 0.2) is 5.78 Å². The van der Waals surface area contributed by atoms with Gasteiger partial charge in [-0.25, -0.2) is 0 Å². The number of ketones is 1. The molecule has 1 aromatic rings. The molecular weight excluding hydrogens is 239 g/mol. The highest BCUT2D eigenvalue weighted by molar-refractivity contribution is 6.34. The van der Waals surface area contributed by atoms with Crippen molar-refractivity contribution in [1.29, 1.82) is 0 Å². The van der Waals surface area contributed by atoms with Gasteiger partial charge in [-0.3, -0.25) is 4.79 Å². The minimum atomic E-state index is -0.145. The third-order valence-electron chi connectivity index (χ3n) is 1.54. The predicted octanol–water partition coefficient (Wildman–Crippen LogP) is 2.59. The molecule has 0 N–H and O–H groups in total. The Morgan fingerprint density at radius 2 is 1.80 bits per heavy atom. The monoisotopic (exact) mass is 248 g/mol. The molecule has 0 atom stereocenters. The molecule has 5 heteroatoms. The third-order valence-corrected chi connectivity index (χ3v) is 1.98. The van der Waals surface area contributed by atoms with Crippen molar-refractivity contribution in [3.63, 3.8) is 0 Å². The van der Waals surface area contributed by atoms with Gasteiger partial charge in [-0.2, -0.15) is 0 Å². The number of rotatable bonds is 5. The molecule has 0 aliphatic rings. The van der Waals surface area contributed by atoms with Crippen LogP contribution in [0.3, 0.4) is 0 Å². The van der Waals surface area contributed by atoms with Crippen LogP contribution >= 0.6 is 23.2 Å². The summed E-state index contributed by atoms with van der Waals surface area (Å²) in [6.45, 7) is -0.0151. The molecule has 1 aromatic carbocycles. The molecule has 0 heterocycles. The maximum Gasteiger partial charge on any atom is 0.195 e. The van der Waals surface area contributed by atoms with Crippen molar-refractivity contribution in [3.05, 3.63) is 28.2 Å². The quantitative estimate of drug-likeness (QED) is 0.804. The molecule has 1 rings (SSSR count). The van der Waals surface area contributed by atoms with E-state index in [1.165, 1.54) is 7.11 Å². The predicted molar refractivity (Wildman–Crippen MR) is 58.8 cm³/mol. The molecule has 0 aliphatic carbocycles. The first-order valence-corrected chi connectivity index (χ1v) is 4.97. The number of ether oxygens (including phenoxy) is 2. The van der Waals surface area contributed by atoms with Gasteiger partial charge in [0.25, 0.3) is 0 Å². The molecule has 0 aromatic heterocycles. The molecule has 0 amide bonds. The Bertz CT molecular complexity index is 332. The number of Topliss-reactive ketones (excluding diaryl/α,β-unsaturated/α-hetero) is 1. The molecule has 0 bridgehead atoms. The van der Waals surface area contributed by atoms with Crippen LogP contribution in [0.25, 0.3) is 0 Å². The average Bonchev–Trinajstić information content (AvgIpc) is 2.14. The SMILES string of the molecule is COCC(=O)COc1cc(Cl)cc(Cl)c1. The number of hydrogen-bond donors (Lipinski definition) is 0. The van der Waals surface area contributed by atoms with Crippen molar-refractivity contribution in [2.75, 3.05) is 20.3 Å². The van der Waals surface area contributed by atoms with Crippen LogP contribution in [-0.2, 0) is 9.53 Å². The highest BCUT2D eigenvalue weighted by Crippen LogP contribution is 2.23. The van der Waals surface area contributed by atoms with E-state index in [0.29, 0.717) is 15.8 Å². The van der Waals surface area contributed by atoms with Gasteiger partial charge in [0.05, 0.1) is 0 Å². The summed E-state index contributed by atoms with van der Waals surface area (Å²) in [6, 6.07) is 4.77. The highest BCUT2D eigenvalue weighted by Gasteiger charge is 2.04. The molecule has 0 unspecified atom stereocenters. The molecular formula is C10H10Cl2O3. The number of benzene rings is 1. The highest BCUT2D eigenvalue weighted by atomic mass is 35.5. The van der Waals surface area contributed by atoms with Gasteiger partial charge in [-0.1, -0.05) is 23.2 Å². The van der Waals surface area contributed by atoms with E-state index in [-0.39, 0.29) is 19.0 Å². The second-order valence-electron chi connectivity index (χ2n) is 2.87. The molecule has 0 saturated carbocycles. The molecule has 0 fully saturated rings. The summed E-state index contributed by atoms with van der Waals surface area (Å²) in [5, 5.41) is 0.938. The largest absolute Gasteiger partial charge is 0.486 e. The zero-order chi connectivity index (χ0) is 11.3. The van der Waals surface area contributed by atoms with Gasteiger partial charge in [0.2, 0.25) is 0 Å². The van der Waals surface area contributed by atoms with Crippen LogP contribution in [0.15, 0.2) is 18.2 Å². The lowest BCUT2D eigenvalue weighted by Gasteiger charge is -2.05. The van der Waals surface area contributed by atoms with Gasteiger partial charge in [0, 0.05) is 17.2 Å². The van der Waals surface area contributed by atoms with Gasteiger partial charge in [0.1, 0.15) is 19.0 Å². The van der Waals surface area contributed by atoms with Crippen molar-refractivity contribution in [2.24, 2.45) is 0 Å². The van der Waals surface area contributed by atoms with Crippen LogP contribution in [0, 0.1) is 0 Å². The zero-order valence-corrected chi connectivity index (χ0v) is 9.64. The zero-order valence-electron chi connectivity index (χ0n) is 8.13. The summed E-state index contributed by atoms with van der Waals surface area (Å²) in [5.41, 5.74) is 0. The fourth-order valence-corrected chi connectivity index (χ4v) is 1.48. The molecule has 82 valence electrons. The second-order valence-corrected chi connectivity index (χ2v) is 3.74. The Balaban J connectivity index is 2.54. The Labute approximate surface area is 97.9 Å². The van der Waals surface area contributed by atoms with Crippen molar-refractivity contribution in [2.45, 2.75) is 0 Å². The van der Waals surface area contributed by atoms with Crippen molar-refractivity contribution in [3.8, 4) is 5.75 Å². The van der Waals surface area contributed by atoms with Gasteiger partial charge < -0.3 is 9.47 Å². The van der Waals surface area contributed by atoms with Gasteiger partial charge in [-0.15, -0.1) is 0 Å². The number of carbonyl (C=O) groups excluding carboxylic acids is 1. The summed E-state index contributed by atoms with van der Waals surface area (Å²) in [5.74, 6) is 0.325. The lowest BCUT2D eigenvalue weighted by atomic mass is 10.3. The fourth-order valence-electron chi connectivity index (χ4n) is 0.978. The molecule has 15 heavy (non-hydrogen) atoms. The number of methoxy groups -OCH3 is 1. The first kappa shape index (κ1) is 12.3. The number of carbonyl (C=O) groups is 1. The van der Waals surface area contributed by atoms with Crippen molar-refractivity contribution in [1.82, 2.24) is 0 Å². The fraction of sp³-hybridized carbons (Fsp3) is 0.300. The standard InChI is InChI=1S/C10H10Cl2O3/c1-14-5-9(13)6-15-10-3-7(11)2-8(12)4-10/h2-4H,5-6H2,1H3. The summed E-state index contributed by atoms with van der Waals surface area (Å²) < 4.78 is 9.84. The minimum absolute atomic E-state index is 0.0360. The Kier molecular flexibility index (Phi) is 4.88. The van der Waals surface area contributed by atoms with E-state index in [4.69, 9.17) is 27.9 Å². The lowest BCUT2D eigenvalue weighted by Crippen LogP contribution is -2.16. The topological polar surface area (TPSA) is 35.5 Å². The summed E-state index contributed by atoms with van der Waals surface area (Å²) in [4.78, 5) is 11.1. The molecule has 0 saturated heterocycles. The van der Waals surface area contributed by atoms with Crippen LogP contribution in [0.4, 0.5) is 0 Å². The first-order valence-electron chi connectivity index (χ1n) is 4.21.